The fourth-order valence-electron chi connectivity index (χ4n) is 5.02. The summed E-state index contributed by atoms with van der Waals surface area (Å²) in [5.74, 6) is -0.0716. The van der Waals surface area contributed by atoms with Gasteiger partial charge in [-0.2, -0.15) is 13.2 Å². The Hall–Kier alpha value is -2.50. The van der Waals surface area contributed by atoms with Crippen molar-refractivity contribution in [2.45, 2.75) is 50.0 Å². The molecule has 33 heavy (non-hydrogen) atoms. The van der Waals surface area contributed by atoms with E-state index in [0.717, 1.165) is 37.8 Å². The molecule has 1 aliphatic carbocycles. The molecule has 1 saturated carbocycles. The average Bonchev–Trinajstić information content (AvgIpc) is 2.75. The number of carbonyl (C=O) groups excluding carboxylic acids is 1. The van der Waals surface area contributed by atoms with E-state index >= 15 is 0 Å². The zero-order chi connectivity index (χ0) is 23.8. The Labute approximate surface area is 189 Å². The quantitative estimate of drug-likeness (QED) is 0.565. The molecular formula is C22H29F3N6O2. The molecule has 0 radical (unpaired) electrons. The number of halogens is 3. The van der Waals surface area contributed by atoms with Gasteiger partial charge < -0.3 is 21.5 Å². The summed E-state index contributed by atoms with van der Waals surface area (Å²) >= 11 is 0. The van der Waals surface area contributed by atoms with Crippen molar-refractivity contribution >= 4 is 22.6 Å². The van der Waals surface area contributed by atoms with Crippen LogP contribution in [0.1, 0.15) is 31.2 Å². The number of aliphatic hydroxyl groups excluding tert-OH is 1. The highest BCUT2D eigenvalue weighted by molar-refractivity contribution is 5.92. The third kappa shape index (κ3) is 5.04. The minimum Gasteiger partial charge on any atom is -0.392 e. The largest absolute Gasteiger partial charge is 0.416 e. The van der Waals surface area contributed by atoms with Gasteiger partial charge in [-0.25, -0.2) is 9.97 Å². The molecule has 1 aliphatic heterocycles. The first-order chi connectivity index (χ1) is 15.7. The normalized spacial score (nSPS) is 23.3. The summed E-state index contributed by atoms with van der Waals surface area (Å²) in [7, 11) is 0. The van der Waals surface area contributed by atoms with Crippen LogP contribution in [0.2, 0.25) is 0 Å². The van der Waals surface area contributed by atoms with E-state index in [1.165, 1.54) is 12.4 Å². The monoisotopic (exact) mass is 466 g/mol. The molecule has 1 aromatic carbocycles. The zero-order valence-corrected chi connectivity index (χ0v) is 18.2. The molecule has 1 unspecified atom stereocenters. The number of carbonyl (C=O) groups is 1. The van der Waals surface area contributed by atoms with Crippen molar-refractivity contribution in [3.8, 4) is 0 Å². The van der Waals surface area contributed by atoms with Crippen LogP contribution in [0.3, 0.4) is 0 Å². The predicted octanol–water partition coefficient (Wildman–Crippen LogP) is 1.50. The second kappa shape index (κ2) is 9.40. The van der Waals surface area contributed by atoms with E-state index in [0.29, 0.717) is 24.6 Å². The Kier molecular flexibility index (Phi) is 6.73. The van der Waals surface area contributed by atoms with Gasteiger partial charge in [0.05, 0.1) is 29.8 Å². The van der Waals surface area contributed by atoms with Crippen molar-refractivity contribution in [1.29, 1.82) is 0 Å². The number of rotatable bonds is 7. The first kappa shape index (κ1) is 23.7. The van der Waals surface area contributed by atoms with Gasteiger partial charge in [0.25, 0.3) is 0 Å². The van der Waals surface area contributed by atoms with Gasteiger partial charge in [0.2, 0.25) is 5.91 Å². The van der Waals surface area contributed by atoms with Crippen LogP contribution in [0.4, 0.5) is 19.0 Å². The second-order valence-corrected chi connectivity index (χ2v) is 9.00. The molecule has 2 heterocycles. The molecule has 1 amide bonds. The zero-order valence-electron chi connectivity index (χ0n) is 18.2. The number of fused-ring (bicyclic) bond motifs is 1. The highest BCUT2D eigenvalue weighted by Crippen LogP contribution is 2.36. The highest BCUT2D eigenvalue weighted by Gasteiger charge is 2.39. The summed E-state index contributed by atoms with van der Waals surface area (Å²) in [6.45, 7) is 1.45. The smallest absolute Gasteiger partial charge is 0.392 e. The summed E-state index contributed by atoms with van der Waals surface area (Å²) < 4.78 is 39.9. The number of benzene rings is 1. The lowest BCUT2D eigenvalue weighted by Crippen LogP contribution is -2.64. The average molecular weight is 467 g/mol. The number of hydrogen-bond acceptors (Lipinski definition) is 7. The number of anilines is 1. The summed E-state index contributed by atoms with van der Waals surface area (Å²) in [6.07, 6.45) is 0.0518. The lowest BCUT2D eigenvalue weighted by atomic mass is 9.81. The fraction of sp³-hybridized carbons (Fsp3) is 0.591. The number of likely N-dealkylation sites (tertiary alicyclic amines) is 1. The van der Waals surface area contributed by atoms with Crippen LogP contribution in [0.5, 0.6) is 0 Å². The second-order valence-electron chi connectivity index (χ2n) is 9.00. The van der Waals surface area contributed by atoms with E-state index < -0.39 is 23.8 Å². The number of nitrogens with zero attached hydrogens (tertiary/aromatic N) is 4. The molecule has 0 bridgehead atoms. The molecule has 1 saturated heterocycles. The van der Waals surface area contributed by atoms with Crippen LogP contribution in [-0.4, -0.2) is 70.2 Å². The summed E-state index contributed by atoms with van der Waals surface area (Å²) in [6, 6.07) is 3.60. The number of aliphatic hydroxyl groups is 1. The molecule has 1 aromatic heterocycles. The fourth-order valence-corrected chi connectivity index (χ4v) is 5.02. The SMILES string of the molecule is NCC(O)C1CCC(N2CC(N(CC(N)=O)c3ncnc4ccc(C(F)(F)F)cc34)C2)CC1. The van der Waals surface area contributed by atoms with Crippen LogP contribution >= 0.6 is 0 Å². The van der Waals surface area contributed by atoms with Crippen molar-refractivity contribution < 1.29 is 23.1 Å². The van der Waals surface area contributed by atoms with Gasteiger partial charge in [0.15, 0.2) is 0 Å². The van der Waals surface area contributed by atoms with Crippen molar-refractivity contribution in [2.24, 2.45) is 17.4 Å². The maximum atomic E-state index is 13.3. The summed E-state index contributed by atoms with van der Waals surface area (Å²) in [5.41, 5.74) is 10.6. The number of aromatic nitrogens is 2. The Morgan fingerprint density at radius 1 is 1.21 bits per heavy atom. The van der Waals surface area contributed by atoms with Crippen LogP contribution in [0.15, 0.2) is 24.5 Å². The molecule has 4 rings (SSSR count). The van der Waals surface area contributed by atoms with E-state index in [4.69, 9.17) is 11.5 Å². The molecule has 2 fully saturated rings. The summed E-state index contributed by atoms with van der Waals surface area (Å²) in [5, 5.41) is 10.2. The number of amides is 1. The third-order valence-corrected chi connectivity index (χ3v) is 6.91. The topological polar surface area (TPSA) is 122 Å². The van der Waals surface area contributed by atoms with Crippen molar-refractivity contribution in [3.63, 3.8) is 0 Å². The molecule has 180 valence electrons. The van der Waals surface area contributed by atoms with Gasteiger partial charge in [-0.1, -0.05) is 0 Å². The van der Waals surface area contributed by atoms with Crippen LogP contribution in [0, 0.1) is 5.92 Å². The van der Waals surface area contributed by atoms with Gasteiger partial charge >= 0.3 is 6.18 Å². The lowest BCUT2D eigenvalue weighted by molar-refractivity contribution is -0.137. The Morgan fingerprint density at radius 3 is 2.52 bits per heavy atom. The summed E-state index contributed by atoms with van der Waals surface area (Å²) in [4.78, 5) is 24.2. The molecular weight excluding hydrogens is 437 g/mol. The van der Waals surface area contributed by atoms with Gasteiger partial charge in [0.1, 0.15) is 12.1 Å². The Bertz CT molecular complexity index is 990. The minimum absolute atomic E-state index is 0.0995. The van der Waals surface area contributed by atoms with Gasteiger partial charge in [-0.05, 0) is 49.8 Å². The number of hydrogen-bond donors (Lipinski definition) is 3. The molecule has 0 spiro atoms. The molecule has 1 atom stereocenters. The maximum Gasteiger partial charge on any atom is 0.416 e. The standard InChI is InChI=1S/C22H29F3N6O2/c23-22(24,25)14-3-6-18-17(7-14)21(29-12-28-18)31(11-20(27)33)16-9-30(10-16)15-4-1-13(2-5-15)19(32)8-26/h3,6-7,12-13,15-16,19,32H,1-2,4-5,8-11,26H2,(H2,27,33). The third-order valence-electron chi connectivity index (χ3n) is 6.91. The number of primary amides is 1. The van der Waals surface area contributed by atoms with Crippen molar-refractivity contribution in [2.75, 3.05) is 31.1 Å². The highest BCUT2D eigenvalue weighted by atomic mass is 19.4. The molecule has 11 heteroatoms. The first-order valence-electron chi connectivity index (χ1n) is 11.2. The van der Waals surface area contributed by atoms with Crippen molar-refractivity contribution in [1.82, 2.24) is 14.9 Å². The van der Waals surface area contributed by atoms with Gasteiger partial charge in [0, 0.05) is 31.1 Å². The van der Waals surface area contributed by atoms with E-state index in [1.807, 2.05) is 0 Å². The van der Waals surface area contributed by atoms with Gasteiger partial charge in [-0.3, -0.25) is 9.69 Å². The molecule has 8 nitrogen and oxygen atoms in total. The number of nitrogens with two attached hydrogens (primary N) is 2. The van der Waals surface area contributed by atoms with E-state index in [9.17, 15) is 23.1 Å². The van der Waals surface area contributed by atoms with Crippen LogP contribution < -0.4 is 16.4 Å². The van der Waals surface area contributed by atoms with E-state index in [1.54, 1.807) is 4.90 Å². The number of alkyl halides is 3. The lowest BCUT2D eigenvalue weighted by Gasteiger charge is -2.50. The molecule has 2 aromatic rings. The molecule has 2 aliphatic rings. The predicted molar refractivity (Wildman–Crippen MR) is 117 cm³/mol. The Balaban J connectivity index is 1.51. The maximum absolute atomic E-state index is 13.3. The van der Waals surface area contributed by atoms with Crippen LogP contribution in [-0.2, 0) is 11.0 Å². The Morgan fingerprint density at radius 2 is 1.91 bits per heavy atom. The van der Waals surface area contributed by atoms with E-state index in [-0.39, 0.29) is 36.3 Å². The van der Waals surface area contributed by atoms with E-state index in [2.05, 4.69) is 14.9 Å². The van der Waals surface area contributed by atoms with Gasteiger partial charge in [-0.15, -0.1) is 0 Å². The van der Waals surface area contributed by atoms with Crippen molar-refractivity contribution in [3.05, 3.63) is 30.1 Å². The van der Waals surface area contributed by atoms with Crippen LogP contribution in [0.25, 0.3) is 10.9 Å². The first-order valence-corrected chi connectivity index (χ1v) is 11.2. The molecule has 5 N–H and O–H groups in total. The minimum atomic E-state index is -4.50.